The minimum atomic E-state index is -0.964. The molecule has 2 amide bonds. The summed E-state index contributed by atoms with van der Waals surface area (Å²) in [7, 11) is 1.62. The number of carboxylic acid groups (broad SMARTS) is 1. The van der Waals surface area contributed by atoms with Crippen molar-refractivity contribution in [2.45, 2.75) is 6.42 Å². The van der Waals surface area contributed by atoms with Crippen molar-refractivity contribution in [3.63, 3.8) is 0 Å². The lowest BCUT2D eigenvalue weighted by molar-refractivity contribution is -0.136. The van der Waals surface area contributed by atoms with Crippen molar-refractivity contribution in [2.75, 3.05) is 11.9 Å². The Kier molecular flexibility index (Phi) is 3.61. The molecular formula is C7H11N5O3. The highest BCUT2D eigenvalue weighted by atomic mass is 16.4. The molecule has 0 aliphatic heterocycles. The molecule has 1 heterocycles. The maximum atomic E-state index is 11.1. The van der Waals surface area contributed by atoms with E-state index in [1.807, 2.05) is 0 Å². The number of aromatic nitrogens is 3. The number of aliphatic carboxylic acids is 1. The lowest BCUT2D eigenvalue weighted by atomic mass is 10.4. The number of urea groups is 1. The first-order valence-corrected chi connectivity index (χ1v) is 4.20. The van der Waals surface area contributed by atoms with Crippen LogP contribution in [0.15, 0.2) is 6.33 Å². The van der Waals surface area contributed by atoms with Crippen molar-refractivity contribution in [3.8, 4) is 0 Å². The van der Waals surface area contributed by atoms with Crippen LogP contribution in [0.3, 0.4) is 0 Å². The first kappa shape index (κ1) is 11.0. The van der Waals surface area contributed by atoms with Gasteiger partial charge in [-0.15, -0.1) is 0 Å². The second-order valence-electron chi connectivity index (χ2n) is 2.73. The Bertz CT molecular complexity index is 361. The third-order valence-electron chi connectivity index (χ3n) is 1.56. The fourth-order valence-electron chi connectivity index (χ4n) is 0.838. The van der Waals surface area contributed by atoms with Crippen molar-refractivity contribution < 1.29 is 14.7 Å². The predicted octanol–water partition coefficient (Wildman–Crippen LogP) is -0.589. The van der Waals surface area contributed by atoms with E-state index < -0.39 is 12.0 Å². The van der Waals surface area contributed by atoms with Crippen molar-refractivity contribution >= 4 is 17.9 Å². The molecule has 1 aromatic heterocycles. The summed E-state index contributed by atoms with van der Waals surface area (Å²) < 4.78 is 1.39. The summed E-state index contributed by atoms with van der Waals surface area (Å²) in [6.45, 7) is 0.0685. The van der Waals surface area contributed by atoms with E-state index in [2.05, 4.69) is 20.7 Å². The van der Waals surface area contributed by atoms with Gasteiger partial charge in [0.05, 0.1) is 6.42 Å². The van der Waals surface area contributed by atoms with Gasteiger partial charge in [0.15, 0.2) is 0 Å². The monoisotopic (exact) mass is 213 g/mol. The molecule has 0 spiro atoms. The molecule has 1 rings (SSSR count). The smallest absolute Gasteiger partial charge is 0.321 e. The second kappa shape index (κ2) is 4.94. The van der Waals surface area contributed by atoms with Gasteiger partial charge in [-0.25, -0.2) is 9.48 Å². The summed E-state index contributed by atoms with van der Waals surface area (Å²) in [5.74, 6) is -0.670. The molecule has 82 valence electrons. The number of amides is 2. The third kappa shape index (κ3) is 3.63. The Morgan fingerprint density at radius 3 is 2.87 bits per heavy atom. The zero-order valence-electron chi connectivity index (χ0n) is 8.10. The van der Waals surface area contributed by atoms with E-state index in [9.17, 15) is 9.59 Å². The number of carboxylic acids is 1. The van der Waals surface area contributed by atoms with Gasteiger partial charge in [-0.05, 0) is 0 Å². The van der Waals surface area contributed by atoms with Crippen LogP contribution in [-0.2, 0) is 11.8 Å². The first-order valence-electron chi connectivity index (χ1n) is 4.20. The number of anilines is 1. The van der Waals surface area contributed by atoms with Gasteiger partial charge in [0.25, 0.3) is 0 Å². The molecular weight excluding hydrogens is 202 g/mol. The number of aryl methyl sites for hydroxylation is 1. The number of carbonyl (C=O) groups is 2. The molecule has 0 saturated heterocycles. The zero-order chi connectivity index (χ0) is 11.3. The zero-order valence-corrected chi connectivity index (χ0v) is 8.10. The fraction of sp³-hybridized carbons (Fsp3) is 0.429. The molecule has 8 heteroatoms. The van der Waals surface area contributed by atoms with Crippen molar-refractivity contribution in [1.82, 2.24) is 20.1 Å². The van der Waals surface area contributed by atoms with Crippen LogP contribution in [0, 0.1) is 0 Å². The molecule has 0 radical (unpaired) electrons. The highest BCUT2D eigenvalue weighted by molar-refractivity contribution is 5.87. The van der Waals surface area contributed by atoms with E-state index in [4.69, 9.17) is 5.11 Å². The normalized spacial score (nSPS) is 9.67. The van der Waals surface area contributed by atoms with Gasteiger partial charge in [-0.2, -0.15) is 10.1 Å². The van der Waals surface area contributed by atoms with Crippen LogP contribution >= 0.6 is 0 Å². The molecule has 0 unspecified atom stereocenters. The molecule has 0 aliphatic rings. The van der Waals surface area contributed by atoms with E-state index >= 15 is 0 Å². The number of nitrogens with zero attached hydrogens (tertiary/aromatic N) is 3. The van der Waals surface area contributed by atoms with E-state index in [1.165, 1.54) is 11.0 Å². The van der Waals surface area contributed by atoms with Gasteiger partial charge in [0.2, 0.25) is 5.95 Å². The van der Waals surface area contributed by atoms with Gasteiger partial charge in [0.1, 0.15) is 6.33 Å². The van der Waals surface area contributed by atoms with Crippen LogP contribution in [0.4, 0.5) is 10.7 Å². The molecule has 0 aromatic carbocycles. The maximum Gasteiger partial charge on any atom is 0.321 e. The van der Waals surface area contributed by atoms with Crippen LogP contribution < -0.4 is 10.6 Å². The lowest BCUT2D eigenvalue weighted by Crippen LogP contribution is -2.31. The molecule has 1 aromatic rings. The highest BCUT2D eigenvalue weighted by Gasteiger charge is 2.05. The Balaban J connectivity index is 2.31. The average molecular weight is 213 g/mol. The minimum Gasteiger partial charge on any atom is -0.481 e. The van der Waals surface area contributed by atoms with E-state index in [1.54, 1.807) is 7.05 Å². The van der Waals surface area contributed by atoms with E-state index in [-0.39, 0.29) is 13.0 Å². The molecule has 8 nitrogen and oxygen atoms in total. The average Bonchev–Trinajstić information content (AvgIpc) is 2.51. The Labute approximate surface area is 85.3 Å². The summed E-state index contributed by atoms with van der Waals surface area (Å²) in [6.07, 6.45) is 1.18. The molecule has 0 bridgehead atoms. The van der Waals surface area contributed by atoms with Crippen LogP contribution in [0.25, 0.3) is 0 Å². The topological polar surface area (TPSA) is 109 Å². The molecule has 0 atom stereocenters. The number of rotatable bonds is 4. The summed E-state index contributed by atoms with van der Waals surface area (Å²) in [5.41, 5.74) is 0. The number of hydrogen-bond acceptors (Lipinski definition) is 4. The number of nitrogens with one attached hydrogen (secondary N) is 2. The SMILES string of the molecule is Cn1ncnc1NC(=O)NCCC(=O)O. The molecule has 3 N–H and O–H groups in total. The largest absolute Gasteiger partial charge is 0.481 e. The summed E-state index contributed by atoms with van der Waals surface area (Å²) in [6, 6.07) is -0.507. The third-order valence-corrected chi connectivity index (χ3v) is 1.56. The maximum absolute atomic E-state index is 11.1. The van der Waals surface area contributed by atoms with Crippen molar-refractivity contribution in [1.29, 1.82) is 0 Å². The molecule has 0 fully saturated rings. The van der Waals surface area contributed by atoms with Crippen LogP contribution in [0.1, 0.15) is 6.42 Å². The molecule has 0 aliphatic carbocycles. The van der Waals surface area contributed by atoms with Gasteiger partial charge in [0, 0.05) is 13.6 Å². The summed E-state index contributed by atoms with van der Waals surface area (Å²) in [4.78, 5) is 25.1. The fourth-order valence-corrected chi connectivity index (χ4v) is 0.838. The lowest BCUT2D eigenvalue weighted by Gasteiger charge is -2.04. The Morgan fingerprint density at radius 2 is 2.33 bits per heavy atom. The molecule has 15 heavy (non-hydrogen) atoms. The first-order chi connectivity index (χ1) is 7.09. The second-order valence-corrected chi connectivity index (χ2v) is 2.73. The van der Waals surface area contributed by atoms with Crippen LogP contribution in [0.2, 0.25) is 0 Å². The standard InChI is InChI=1S/C7H11N5O3/c1-12-6(9-4-10-12)11-7(15)8-3-2-5(13)14/h4H,2-3H2,1H3,(H,13,14)(H2,8,9,10,11,15). The quantitative estimate of drug-likeness (QED) is 0.619. The van der Waals surface area contributed by atoms with Gasteiger partial charge >= 0.3 is 12.0 Å². The number of carbonyl (C=O) groups excluding carboxylic acids is 1. The Hall–Kier alpha value is -2.12. The minimum absolute atomic E-state index is 0.0685. The van der Waals surface area contributed by atoms with Gasteiger partial charge in [-0.1, -0.05) is 0 Å². The summed E-state index contributed by atoms with van der Waals surface area (Å²) >= 11 is 0. The van der Waals surface area contributed by atoms with E-state index in [0.717, 1.165) is 0 Å². The predicted molar refractivity (Wildman–Crippen MR) is 50.3 cm³/mol. The summed E-state index contributed by atoms with van der Waals surface area (Å²) in [5, 5.41) is 16.9. The highest BCUT2D eigenvalue weighted by Crippen LogP contribution is 1.96. The van der Waals surface area contributed by atoms with Gasteiger partial charge in [-0.3, -0.25) is 10.1 Å². The van der Waals surface area contributed by atoms with Crippen molar-refractivity contribution in [2.24, 2.45) is 7.05 Å². The van der Waals surface area contributed by atoms with Crippen molar-refractivity contribution in [3.05, 3.63) is 6.33 Å². The van der Waals surface area contributed by atoms with Gasteiger partial charge < -0.3 is 10.4 Å². The van der Waals surface area contributed by atoms with E-state index in [0.29, 0.717) is 5.95 Å². The molecule has 0 saturated carbocycles. The Morgan fingerprint density at radius 1 is 1.60 bits per heavy atom. The van der Waals surface area contributed by atoms with Crippen LogP contribution in [0.5, 0.6) is 0 Å². The van der Waals surface area contributed by atoms with Crippen LogP contribution in [-0.4, -0.2) is 38.4 Å². The number of hydrogen-bond donors (Lipinski definition) is 3.